The molecule has 0 aromatic heterocycles. The smallest absolute Gasteiger partial charge is 0.335 e. The van der Waals surface area contributed by atoms with Crippen molar-refractivity contribution in [2.24, 2.45) is 35.5 Å². The Morgan fingerprint density at radius 3 is 2.68 bits per heavy atom. The van der Waals surface area contributed by atoms with Crippen molar-refractivity contribution in [3.8, 4) is 0 Å². The molecule has 0 spiro atoms. The minimum absolute atomic E-state index is 0.302. The minimum Gasteiger partial charge on any atom is -0.433 e. The lowest BCUT2D eigenvalue weighted by molar-refractivity contribution is -0.190. The van der Waals surface area contributed by atoms with E-state index in [0.717, 1.165) is 29.6 Å². The summed E-state index contributed by atoms with van der Waals surface area (Å²) in [6, 6.07) is 0. The van der Waals surface area contributed by atoms with Crippen molar-refractivity contribution in [2.45, 2.75) is 64.8 Å². The van der Waals surface area contributed by atoms with Gasteiger partial charge >= 0.3 is 5.97 Å². The molecule has 0 amide bonds. The lowest BCUT2D eigenvalue weighted by Crippen LogP contribution is -2.40. The topological polar surface area (TPSA) is 35.5 Å². The van der Waals surface area contributed by atoms with Gasteiger partial charge in [-0.25, -0.2) is 4.79 Å². The standard InChI is InChI=1S/C19H28O3/c1-10(2)19(20)22-11(3)21-17-9-14-8-15(17)16-7-12-4-5-13(6-12)18(14)16/h11-18H,1,4-9H2,2-3H3. The summed E-state index contributed by atoms with van der Waals surface area (Å²) in [5, 5.41) is 0. The largest absolute Gasteiger partial charge is 0.433 e. The van der Waals surface area contributed by atoms with Gasteiger partial charge in [-0.2, -0.15) is 0 Å². The number of carbonyl (C=O) groups excluding carboxylic acids is 1. The first kappa shape index (κ1) is 14.7. The van der Waals surface area contributed by atoms with E-state index in [0.29, 0.717) is 17.6 Å². The van der Waals surface area contributed by atoms with Gasteiger partial charge in [0.25, 0.3) is 0 Å². The van der Waals surface area contributed by atoms with Crippen LogP contribution >= 0.6 is 0 Å². The molecular weight excluding hydrogens is 276 g/mol. The third kappa shape index (κ3) is 2.33. The Bertz CT molecular complexity index is 485. The summed E-state index contributed by atoms with van der Waals surface area (Å²) < 4.78 is 11.4. The van der Waals surface area contributed by atoms with Crippen LogP contribution in [0.15, 0.2) is 12.2 Å². The molecule has 0 heterocycles. The number of carbonyl (C=O) groups is 1. The van der Waals surface area contributed by atoms with E-state index in [4.69, 9.17) is 9.47 Å². The summed E-state index contributed by atoms with van der Waals surface area (Å²) in [7, 11) is 0. The van der Waals surface area contributed by atoms with Crippen molar-refractivity contribution < 1.29 is 14.3 Å². The maximum absolute atomic E-state index is 11.6. The van der Waals surface area contributed by atoms with Gasteiger partial charge in [0.1, 0.15) is 0 Å². The van der Waals surface area contributed by atoms with Crippen molar-refractivity contribution >= 4 is 5.97 Å². The Hall–Kier alpha value is -0.830. The number of ether oxygens (including phenoxy) is 2. The van der Waals surface area contributed by atoms with Gasteiger partial charge in [0.2, 0.25) is 6.29 Å². The van der Waals surface area contributed by atoms with E-state index in [9.17, 15) is 4.79 Å². The van der Waals surface area contributed by atoms with E-state index in [1.807, 2.05) is 6.92 Å². The van der Waals surface area contributed by atoms with E-state index in [-0.39, 0.29) is 5.97 Å². The SMILES string of the molecule is C=C(C)C(=O)OC(C)OC1CC2CC1C1CC3CCC(C3)C21. The number of hydrogen-bond donors (Lipinski definition) is 0. The second kappa shape index (κ2) is 5.36. The molecule has 3 nitrogen and oxygen atoms in total. The molecule has 0 aromatic carbocycles. The number of hydrogen-bond acceptors (Lipinski definition) is 3. The highest BCUT2D eigenvalue weighted by atomic mass is 16.7. The van der Waals surface area contributed by atoms with Crippen LogP contribution in [-0.2, 0) is 14.3 Å². The quantitative estimate of drug-likeness (QED) is 0.448. The molecule has 4 saturated carbocycles. The van der Waals surface area contributed by atoms with Crippen LogP contribution in [0.4, 0.5) is 0 Å². The molecule has 4 aliphatic rings. The lowest BCUT2D eigenvalue weighted by Gasteiger charge is -2.42. The molecule has 3 heteroatoms. The maximum Gasteiger partial charge on any atom is 0.335 e. The van der Waals surface area contributed by atoms with E-state index in [2.05, 4.69) is 6.58 Å². The summed E-state index contributed by atoms with van der Waals surface area (Å²) in [5.41, 5.74) is 0.437. The zero-order chi connectivity index (χ0) is 15.4. The average Bonchev–Trinajstić information content (AvgIpc) is 3.13. The predicted octanol–water partition coefficient (Wildman–Crippen LogP) is 3.93. The van der Waals surface area contributed by atoms with Gasteiger partial charge in [0.15, 0.2) is 0 Å². The van der Waals surface area contributed by atoms with Crippen LogP contribution in [0.2, 0.25) is 0 Å². The first-order chi connectivity index (χ1) is 10.5. The minimum atomic E-state index is -0.452. The Morgan fingerprint density at radius 2 is 1.91 bits per heavy atom. The van der Waals surface area contributed by atoms with Crippen molar-refractivity contribution in [1.82, 2.24) is 0 Å². The molecule has 4 bridgehead atoms. The Balaban J connectivity index is 1.38. The normalized spacial score (nSPS) is 46.4. The van der Waals surface area contributed by atoms with E-state index >= 15 is 0 Å². The molecule has 0 saturated heterocycles. The molecule has 0 N–H and O–H groups in total. The van der Waals surface area contributed by atoms with Crippen LogP contribution < -0.4 is 0 Å². The molecule has 122 valence electrons. The van der Waals surface area contributed by atoms with Crippen LogP contribution in [-0.4, -0.2) is 18.4 Å². The Kier molecular flexibility index (Phi) is 3.60. The predicted molar refractivity (Wildman–Crippen MR) is 83.9 cm³/mol. The van der Waals surface area contributed by atoms with Crippen molar-refractivity contribution in [3.63, 3.8) is 0 Å². The molecule has 8 atom stereocenters. The van der Waals surface area contributed by atoms with Crippen LogP contribution in [0, 0.1) is 35.5 Å². The van der Waals surface area contributed by atoms with E-state index in [1.165, 1.54) is 38.5 Å². The summed E-state index contributed by atoms with van der Waals surface area (Å²) in [6.07, 6.45) is 8.27. The summed E-state index contributed by atoms with van der Waals surface area (Å²) >= 11 is 0. The van der Waals surface area contributed by atoms with Crippen molar-refractivity contribution in [3.05, 3.63) is 12.2 Å². The van der Waals surface area contributed by atoms with Gasteiger partial charge < -0.3 is 9.47 Å². The molecule has 0 aromatic rings. The number of rotatable bonds is 4. The summed E-state index contributed by atoms with van der Waals surface area (Å²) in [6.45, 7) is 7.14. The molecule has 8 unspecified atom stereocenters. The zero-order valence-electron chi connectivity index (χ0n) is 13.8. The number of esters is 1. The van der Waals surface area contributed by atoms with Gasteiger partial charge in [-0.15, -0.1) is 0 Å². The first-order valence-corrected chi connectivity index (χ1v) is 9.05. The lowest BCUT2D eigenvalue weighted by atomic mass is 9.65. The van der Waals surface area contributed by atoms with E-state index in [1.54, 1.807) is 6.92 Å². The third-order valence-electron chi connectivity index (χ3n) is 6.90. The zero-order valence-corrected chi connectivity index (χ0v) is 13.8. The Labute approximate surface area is 133 Å². The molecular formula is C19H28O3. The fourth-order valence-corrected chi connectivity index (χ4v) is 6.28. The molecule has 0 aliphatic heterocycles. The average molecular weight is 304 g/mol. The van der Waals surface area contributed by atoms with Crippen molar-refractivity contribution in [1.29, 1.82) is 0 Å². The fourth-order valence-electron chi connectivity index (χ4n) is 6.28. The summed E-state index contributed by atoms with van der Waals surface area (Å²) in [4.78, 5) is 11.6. The van der Waals surface area contributed by atoms with Crippen LogP contribution in [0.5, 0.6) is 0 Å². The van der Waals surface area contributed by atoms with Crippen LogP contribution in [0.25, 0.3) is 0 Å². The second-order valence-electron chi connectivity index (χ2n) is 8.24. The highest BCUT2D eigenvalue weighted by Crippen LogP contribution is 2.64. The second-order valence-corrected chi connectivity index (χ2v) is 8.24. The first-order valence-electron chi connectivity index (χ1n) is 9.05. The number of fused-ring (bicyclic) bond motifs is 8. The van der Waals surface area contributed by atoms with Gasteiger partial charge in [0.05, 0.1) is 6.10 Å². The third-order valence-corrected chi connectivity index (χ3v) is 6.90. The van der Waals surface area contributed by atoms with Gasteiger partial charge in [-0.05, 0) is 81.5 Å². The monoisotopic (exact) mass is 304 g/mol. The maximum atomic E-state index is 11.6. The summed E-state index contributed by atoms with van der Waals surface area (Å²) in [5.74, 6) is 5.11. The van der Waals surface area contributed by atoms with Crippen LogP contribution in [0.3, 0.4) is 0 Å². The van der Waals surface area contributed by atoms with Crippen LogP contribution in [0.1, 0.15) is 52.4 Å². The van der Waals surface area contributed by atoms with E-state index < -0.39 is 6.29 Å². The highest BCUT2D eigenvalue weighted by molar-refractivity contribution is 5.86. The molecule has 4 aliphatic carbocycles. The molecule has 0 radical (unpaired) electrons. The fraction of sp³-hybridized carbons (Fsp3) is 0.842. The molecule has 4 fully saturated rings. The van der Waals surface area contributed by atoms with Crippen molar-refractivity contribution in [2.75, 3.05) is 0 Å². The van der Waals surface area contributed by atoms with Gasteiger partial charge in [0, 0.05) is 5.57 Å². The highest BCUT2D eigenvalue weighted by Gasteiger charge is 2.58. The Morgan fingerprint density at radius 1 is 1.09 bits per heavy atom. The van der Waals surface area contributed by atoms with Gasteiger partial charge in [-0.1, -0.05) is 13.0 Å². The molecule has 4 rings (SSSR count). The van der Waals surface area contributed by atoms with Gasteiger partial charge in [-0.3, -0.25) is 0 Å². The molecule has 22 heavy (non-hydrogen) atoms.